The molecule has 0 aromatic carbocycles. The van der Waals surface area contributed by atoms with Crippen molar-refractivity contribution in [3.63, 3.8) is 0 Å². The van der Waals surface area contributed by atoms with E-state index in [0.29, 0.717) is 0 Å². The molecule has 0 unspecified atom stereocenters. The zero-order chi connectivity index (χ0) is 5.58. The maximum absolute atomic E-state index is 8.36. The van der Waals surface area contributed by atoms with Crippen LogP contribution in [0.2, 0.25) is 0 Å². The average Bonchev–Trinajstić information content (AvgIpc) is 1.41. The van der Waals surface area contributed by atoms with Crippen molar-refractivity contribution in [1.29, 1.82) is 0 Å². The fourth-order valence-electron chi connectivity index (χ4n) is 0. The molecule has 0 heterocycles. The van der Waals surface area contributed by atoms with Crippen molar-refractivity contribution >= 4 is 0 Å². The summed E-state index contributed by atoms with van der Waals surface area (Å²) in [5, 5.41) is 0. The van der Waals surface area contributed by atoms with Gasteiger partial charge in [0.25, 0.3) is 0 Å². The van der Waals surface area contributed by atoms with Crippen LogP contribution in [0, 0.1) is 5.92 Å². The first-order valence-electron chi connectivity index (χ1n) is 1.68. The van der Waals surface area contributed by atoms with Crippen LogP contribution in [0.1, 0.15) is 20.8 Å². The molecule has 0 aromatic rings. The van der Waals surface area contributed by atoms with Crippen LogP contribution >= 0.6 is 0 Å². The third-order valence-corrected chi connectivity index (χ3v) is 0. The summed E-state index contributed by atoms with van der Waals surface area (Å²) < 4.78 is 8.36. The normalized spacial score (nSPS) is 6.50. The van der Waals surface area contributed by atoms with Crippen molar-refractivity contribution < 1.29 is 24.3 Å². The predicted molar refractivity (Wildman–Crippen MR) is 21.0 cm³/mol. The van der Waals surface area contributed by atoms with E-state index in [9.17, 15) is 0 Å². The molecule has 37 valence electrons. The molecule has 2 heteroatoms. The van der Waals surface area contributed by atoms with Crippen molar-refractivity contribution in [3.05, 3.63) is 5.92 Å². The second kappa shape index (κ2) is 9.11. The molecule has 0 saturated carbocycles. The average molecular weight is 254 g/mol. The van der Waals surface area contributed by atoms with Gasteiger partial charge in [-0.3, -0.25) is 0 Å². The molecule has 0 aromatic heterocycles. The maximum atomic E-state index is 8.36. The van der Waals surface area contributed by atoms with Crippen LogP contribution in [0.3, 0.4) is 0 Å². The van der Waals surface area contributed by atoms with Gasteiger partial charge in [0.05, 0.1) is 0 Å². The van der Waals surface area contributed by atoms with E-state index in [1.165, 1.54) is 5.92 Å². The van der Waals surface area contributed by atoms with Crippen LogP contribution in [0.4, 0.5) is 0 Å². The van der Waals surface area contributed by atoms with E-state index >= 15 is 0 Å². The summed E-state index contributed by atoms with van der Waals surface area (Å²) in [5.74, 6) is 1.42. The summed E-state index contributed by atoms with van der Waals surface area (Å²) >= 11 is 0.194. The Labute approximate surface area is 51.4 Å². The third-order valence-electron chi connectivity index (χ3n) is 0. The van der Waals surface area contributed by atoms with Crippen molar-refractivity contribution in [2.45, 2.75) is 20.8 Å². The summed E-state index contributed by atoms with van der Waals surface area (Å²) in [6, 6.07) is 0. The molecular formula is C4H9OTa-. The Hall–Kier alpha value is 0.540. The van der Waals surface area contributed by atoms with Gasteiger partial charge in [-0.05, 0) is 0 Å². The summed E-state index contributed by atoms with van der Waals surface area (Å²) in [6.45, 7) is 6.25. The summed E-state index contributed by atoms with van der Waals surface area (Å²) in [5.41, 5.74) is 0. The monoisotopic (exact) mass is 254 g/mol. The topological polar surface area (TPSA) is 17.1 Å². The molecule has 0 fully saturated rings. The van der Waals surface area contributed by atoms with Gasteiger partial charge in [-0.2, -0.15) is 20.8 Å². The zero-order valence-electron chi connectivity index (χ0n) is 4.36. The standard InChI is InChI=1S/C4H9.O.Ta/c1-4(2)3;;/h1-3H3;;/q-1;;. The van der Waals surface area contributed by atoms with E-state index in [1.807, 2.05) is 0 Å². The van der Waals surface area contributed by atoms with E-state index in [0.717, 1.165) is 0 Å². The van der Waals surface area contributed by atoms with Crippen LogP contribution < -0.4 is 0 Å². The molecule has 0 aliphatic rings. The van der Waals surface area contributed by atoms with Gasteiger partial charge in [-0.25, -0.2) is 0 Å². The SMILES string of the molecule is C[C-](C)C.[O]=[Ta]. The van der Waals surface area contributed by atoms with Gasteiger partial charge in [0.15, 0.2) is 0 Å². The Morgan fingerprint density at radius 1 is 1.17 bits per heavy atom. The summed E-state index contributed by atoms with van der Waals surface area (Å²) in [4.78, 5) is 0. The van der Waals surface area contributed by atoms with Crippen molar-refractivity contribution in [2.75, 3.05) is 0 Å². The number of hydrogen-bond donors (Lipinski definition) is 0. The van der Waals surface area contributed by atoms with Crippen molar-refractivity contribution in [1.82, 2.24) is 0 Å². The van der Waals surface area contributed by atoms with Crippen molar-refractivity contribution in [3.8, 4) is 0 Å². The van der Waals surface area contributed by atoms with E-state index in [1.54, 1.807) is 0 Å². The minimum absolute atomic E-state index is 0.194. The first-order valence-corrected chi connectivity index (χ1v) is 2.99. The van der Waals surface area contributed by atoms with Gasteiger partial charge in [-0.15, -0.1) is 0 Å². The fourth-order valence-corrected chi connectivity index (χ4v) is 0. The van der Waals surface area contributed by atoms with Gasteiger partial charge < -0.3 is 5.92 Å². The molecule has 1 nitrogen and oxygen atoms in total. The molecular weight excluding hydrogens is 245 g/mol. The molecule has 0 atom stereocenters. The first kappa shape index (κ1) is 9.74. The molecule has 0 saturated heterocycles. The second-order valence-corrected chi connectivity index (χ2v) is 1.50. The molecule has 0 bridgehead atoms. The zero-order valence-corrected chi connectivity index (χ0v) is 7.57. The first-order chi connectivity index (χ1) is 2.73. The van der Waals surface area contributed by atoms with Crippen molar-refractivity contribution in [2.24, 2.45) is 0 Å². The third kappa shape index (κ3) is 195. The van der Waals surface area contributed by atoms with Crippen LogP contribution in [-0.2, 0) is 24.3 Å². The predicted octanol–water partition coefficient (Wildman–Crippen LogP) is 1.50. The van der Waals surface area contributed by atoms with Gasteiger partial charge in [0.1, 0.15) is 0 Å². The molecule has 0 N–H and O–H groups in total. The van der Waals surface area contributed by atoms with Crippen LogP contribution in [0.25, 0.3) is 0 Å². The van der Waals surface area contributed by atoms with Crippen LogP contribution in [-0.4, -0.2) is 0 Å². The van der Waals surface area contributed by atoms with Gasteiger partial charge in [0.2, 0.25) is 0 Å². The molecule has 0 rings (SSSR count). The molecule has 6 heavy (non-hydrogen) atoms. The summed E-state index contributed by atoms with van der Waals surface area (Å²) in [6.07, 6.45) is 0. The van der Waals surface area contributed by atoms with E-state index < -0.39 is 0 Å². The molecule has 0 aliphatic heterocycles. The quantitative estimate of drug-likeness (QED) is 0.599. The molecule has 0 amide bonds. The molecule has 0 radical (unpaired) electrons. The van der Waals surface area contributed by atoms with E-state index in [4.69, 9.17) is 3.25 Å². The number of rotatable bonds is 0. The summed E-state index contributed by atoms with van der Waals surface area (Å²) in [7, 11) is 0. The Bertz CT molecular complexity index is 18.8. The Morgan fingerprint density at radius 2 is 1.17 bits per heavy atom. The van der Waals surface area contributed by atoms with Gasteiger partial charge in [-0.1, -0.05) is 0 Å². The Kier molecular flexibility index (Phi) is 14.8. The molecule has 0 aliphatic carbocycles. The van der Waals surface area contributed by atoms with Gasteiger partial charge >= 0.3 is 24.3 Å². The van der Waals surface area contributed by atoms with E-state index in [-0.39, 0.29) is 21.0 Å². The van der Waals surface area contributed by atoms with Crippen LogP contribution in [0.15, 0.2) is 0 Å². The second-order valence-electron chi connectivity index (χ2n) is 1.50. The Balaban J connectivity index is 0. The molecule has 0 spiro atoms. The fraction of sp³-hybridized carbons (Fsp3) is 0.750. The van der Waals surface area contributed by atoms with Gasteiger partial charge in [0, 0.05) is 0 Å². The minimum atomic E-state index is 0.194. The number of hydrogen-bond acceptors (Lipinski definition) is 1. The van der Waals surface area contributed by atoms with E-state index in [2.05, 4.69) is 20.8 Å². The Morgan fingerprint density at radius 3 is 1.17 bits per heavy atom. The van der Waals surface area contributed by atoms with Crippen LogP contribution in [0.5, 0.6) is 0 Å².